The highest BCUT2D eigenvalue weighted by atomic mass is 16.6. The van der Waals surface area contributed by atoms with Crippen LogP contribution in [0.3, 0.4) is 0 Å². The summed E-state index contributed by atoms with van der Waals surface area (Å²) in [5.41, 5.74) is 0.238. The molecule has 0 bridgehead atoms. The average Bonchev–Trinajstić information content (AvgIpc) is 2.76. The normalized spacial score (nSPS) is 17.3. The number of ether oxygens (including phenoxy) is 3. The van der Waals surface area contributed by atoms with E-state index < -0.39 is 17.7 Å². The maximum atomic E-state index is 12.9. The zero-order valence-corrected chi connectivity index (χ0v) is 16.6. The molecule has 0 aliphatic carbocycles. The average molecular weight is 376 g/mol. The molecule has 0 aromatic heterocycles. The summed E-state index contributed by atoms with van der Waals surface area (Å²) in [6.45, 7) is 6.17. The van der Waals surface area contributed by atoms with E-state index in [1.54, 1.807) is 46.0 Å². The summed E-state index contributed by atoms with van der Waals surface area (Å²) in [6, 6.07) is 4.81. The van der Waals surface area contributed by atoms with Gasteiger partial charge in [0, 0.05) is 24.7 Å². The SMILES string of the molecule is COc1ccc(CN2CC=CCC(NC(=O)OC(C)(C)C)C2=O)c(OC)c1. The standard InChI is InChI=1S/C20H28N2O5/c1-20(2,3)27-19(24)21-16-8-6-7-11-22(18(16)23)13-14-9-10-15(25-4)12-17(14)26-5/h6-7,9-10,12,16H,8,11,13H2,1-5H3,(H,21,24). The molecule has 27 heavy (non-hydrogen) atoms. The fourth-order valence-electron chi connectivity index (χ4n) is 2.75. The number of carbonyl (C=O) groups excluding carboxylic acids is 2. The van der Waals surface area contributed by atoms with Crippen molar-refractivity contribution in [1.82, 2.24) is 10.2 Å². The highest BCUT2D eigenvalue weighted by Crippen LogP contribution is 2.26. The molecule has 7 nitrogen and oxygen atoms in total. The Kier molecular flexibility index (Phi) is 6.71. The van der Waals surface area contributed by atoms with E-state index in [0.717, 1.165) is 5.56 Å². The molecule has 0 saturated heterocycles. The second-order valence-corrected chi connectivity index (χ2v) is 7.30. The van der Waals surface area contributed by atoms with Gasteiger partial charge in [0.15, 0.2) is 0 Å². The molecule has 1 atom stereocenters. The summed E-state index contributed by atoms with van der Waals surface area (Å²) in [7, 11) is 3.17. The molecule has 1 aromatic carbocycles. The van der Waals surface area contributed by atoms with E-state index in [9.17, 15) is 9.59 Å². The van der Waals surface area contributed by atoms with Crippen molar-refractivity contribution in [3.05, 3.63) is 35.9 Å². The van der Waals surface area contributed by atoms with Crippen LogP contribution in [0.4, 0.5) is 4.79 Å². The molecular formula is C20H28N2O5. The lowest BCUT2D eigenvalue weighted by molar-refractivity contribution is -0.133. The molecule has 0 spiro atoms. The van der Waals surface area contributed by atoms with Crippen LogP contribution >= 0.6 is 0 Å². The van der Waals surface area contributed by atoms with Crippen LogP contribution < -0.4 is 14.8 Å². The topological polar surface area (TPSA) is 77.1 Å². The van der Waals surface area contributed by atoms with Gasteiger partial charge in [-0.05, 0) is 39.3 Å². The van der Waals surface area contributed by atoms with E-state index in [-0.39, 0.29) is 5.91 Å². The lowest BCUT2D eigenvalue weighted by atomic mass is 10.1. The predicted molar refractivity (Wildman–Crippen MR) is 102 cm³/mol. The molecule has 1 aliphatic rings. The molecule has 7 heteroatoms. The molecule has 1 N–H and O–H groups in total. The third-order valence-electron chi connectivity index (χ3n) is 4.02. The number of amides is 2. The van der Waals surface area contributed by atoms with Crippen LogP contribution in [0.25, 0.3) is 0 Å². The monoisotopic (exact) mass is 376 g/mol. The van der Waals surface area contributed by atoms with E-state index in [1.165, 1.54) is 0 Å². The van der Waals surface area contributed by atoms with Crippen molar-refractivity contribution in [2.24, 2.45) is 0 Å². The van der Waals surface area contributed by atoms with Crippen LogP contribution in [0.1, 0.15) is 32.8 Å². The molecule has 1 unspecified atom stereocenters. The third kappa shape index (κ3) is 5.91. The number of nitrogens with zero attached hydrogens (tertiary/aromatic N) is 1. The van der Waals surface area contributed by atoms with Crippen molar-refractivity contribution in [2.45, 2.75) is 45.4 Å². The van der Waals surface area contributed by atoms with Gasteiger partial charge in [-0.15, -0.1) is 0 Å². The number of hydrogen-bond donors (Lipinski definition) is 1. The Labute approximate surface area is 160 Å². The van der Waals surface area contributed by atoms with Crippen molar-refractivity contribution < 1.29 is 23.8 Å². The quantitative estimate of drug-likeness (QED) is 0.800. The fraction of sp³-hybridized carbons (Fsp3) is 0.500. The van der Waals surface area contributed by atoms with Gasteiger partial charge in [-0.3, -0.25) is 4.79 Å². The summed E-state index contributed by atoms with van der Waals surface area (Å²) in [6.07, 6.45) is 3.64. The van der Waals surface area contributed by atoms with Crippen molar-refractivity contribution >= 4 is 12.0 Å². The van der Waals surface area contributed by atoms with Gasteiger partial charge < -0.3 is 24.4 Å². The number of alkyl carbamates (subject to hydrolysis) is 1. The maximum absolute atomic E-state index is 12.9. The minimum Gasteiger partial charge on any atom is -0.497 e. The molecule has 148 valence electrons. The van der Waals surface area contributed by atoms with Crippen LogP contribution in [-0.2, 0) is 16.1 Å². The van der Waals surface area contributed by atoms with Crippen molar-refractivity contribution in [3.63, 3.8) is 0 Å². The number of nitrogens with one attached hydrogen (secondary N) is 1. The summed E-state index contributed by atoms with van der Waals surface area (Å²) in [4.78, 5) is 26.7. The predicted octanol–water partition coefficient (Wildman–Crippen LogP) is 2.89. The Morgan fingerprint density at radius 2 is 1.96 bits per heavy atom. The molecule has 0 radical (unpaired) electrons. The van der Waals surface area contributed by atoms with Gasteiger partial charge in [-0.25, -0.2) is 4.79 Å². The molecule has 2 amide bonds. The van der Waals surface area contributed by atoms with Crippen molar-refractivity contribution in [2.75, 3.05) is 20.8 Å². The van der Waals surface area contributed by atoms with Crippen LogP contribution in [0, 0.1) is 0 Å². The zero-order valence-electron chi connectivity index (χ0n) is 16.6. The fourth-order valence-corrected chi connectivity index (χ4v) is 2.75. The summed E-state index contributed by atoms with van der Waals surface area (Å²) < 4.78 is 15.9. The van der Waals surface area contributed by atoms with Gasteiger partial charge in [0.25, 0.3) is 0 Å². The van der Waals surface area contributed by atoms with Gasteiger partial charge in [0.1, 0.15) is 23.1 Å². The smallest absolute Gasteiger partial charge is 0.408 e. The molecule has 0 fully saturated rings. The highest BCUT2D eigenvalue weighted by Gasteiger charge is 2.29. The van der Waals surface area contributed by atoms with Crippen LogP contribution in [0.15, 0.2) is 30.4 Å². The summed E-state index contributed by atoms with van der Waals surface area (Å²) in [5, 5.41) is 2.67. The molecule has 0 saturated carbocycles. The Hall–Kier alpha value is -2.70. The highest BCUT2D eigenvalue weighted by molar-refractivity contribution is 5.86. The minimum absolute atomic E-state index is 0.163. The van der Waals surface area contributed by atoms with E-state index in [4.69, 9.17) is 14.2 Å². The Morgan fingerprint density at radius 3 is 2.59 bits per heavy atom. The number of methoxy groups -OCH3 is 2. The first-order valence-electron chi connectivity index (χ1n) is 8.87. The number of hydrogen-bond acceptors (Lipinski definition) is 5. The second kappa shape index (κ2) is 8.79. The van der Waals surface area contributed by atoms with Gasteiger partial charge in [0.2, 0.25) is 5.91 Å². The lowest BCUT2D eigenvalue weighted by Crippen LogP contribution is -2.48. The van der Waals surface area contributed by atoms with Crippen molar-refractivity contribution in [1.29, 1.82) is 0 Å². The Bertz CT molecular complexity index is 709. The first-order chi connectivity index (χ1) is 12.7. The van der Waals surface area contributed by atoms with E-state index in [1.807, 2.05) is 24.3 Å². The van der Waals surface area contributed by atoms with E-state index in [2.05, 4.69) is 5.32 Å². The van der Waals surface area contributed by atoms with Gasteiger partial charge in [-0.1, -0.05) is 12.2 Å². The Morgan fingerprint density at radius 1 is 1.22 bits per heavy atom. The third-order valence-corrected chi connectivity index (χ3v) is 4.02. The molecular weight excluding hydrogens is 348 g/mol. The number of rotatable bonds is 5. The first-order valence-corrected chi connectivity index (χ1v) is 8.87. The van der Waals surface area contributed by atoms with Gasteiger partial charge in [0.05, 0.1) is 14.2 Å². The van der Waals surface area contributed by atoms with Gasteiger partial charge >= 0.3 is 6.09 Å². The van der Waals surface area contributed by atoms with E-state index in [0.29, 0.717) is 31.0 Å². The number of benzene rings is 1. The summed E-state index contributed by atoms with van der Waals surface area (Å²) >= 11 is 0. The zero-order chi connectivity index (χ0) is 20.0. The molecule has 1 heterocycles. The maximum Gasteiger partial charge on any atom is 0.408 e. The van der Waals surface area contributed by atoms with E-state index >= 15 is 0 Å². The largest absolute Gasteiger partial charge is 0.497 e. The van der Waals surface area contributed by atoms with Crippen LogP contribution in [-0.4, -0.2) is 49.3 Å². The van der Waals surface area contributed by atoms with Gasteiger partial charge in [-0.2, -0.15) is 0 Å². The van der Waals surface area contributed by atoms with Crippen molar-refractivity contribution in [3.8, 4) is 11.5 Å². The second-order valence-electron chi connectivity index (χ2n) is 7.30. The molecule has 2 rings (SSSR count). The minimum atomic E-state index is -0.664. The first kappa shape index (κ1) is 20.6. The molecule has 1 aromatic rings. The summed E-state index contributed by atoms with van der Waals surface area (Å²) in [5.74, 6) is 1.16. The van der Waals surface area contributed by atoms with Crippen LogP contribution in [0.5, 0.6) is 11.5 Å². The number of carbonyl (C=O) groups is 2. The Balaban J connectivity index is 2.12. The lowest BCUT2D eigenvalue weighted by Gasteiger charge is -2.27. The van der Waals surface area contributed by atoms with Crippen LogP contribution in [0.2, 0.25) is 0 Å². The molecule has 1 aliphatic heterocycles.